The number of aromatic nitrogens is 1. The minimum atomic E-state index is 0.787. The molecule has 3 heteroatoms. The Morgan fingerprint density at radius 2 is 2.21 bits per heavy atom. The van der Waals surface area contributed by atoms with Crippen molar-refractivity contribution in [2.45, 2.75) is 6.42 Å². The molecule has 14 heavy (non-hydrogen) atoms. The Balaban J connectivity index is 2.51. The number of benzene rings is 1. The van der Waals surface area contributed by atoms with Gasteiger partial charge in [0.25, 0.3) is 0 Å². The van der Waals surface area contributed by atoms with Gasteiger partial charge in [-0.25, -0.2) is 0 Å². The topological polar surface area (TPSA) is 22.1 Å². The minimum absolute atomic E-state index is 0.787. The molecular weight excluding hydrogens is 173 g/mol. The summed E-state index contributed by atoms with van der Waals surface area (Å²) in [6.45, 7) is 0.787. The highest BCUT2D eigenvalue weighted by atomic mass is 16.5. The van der Waals surface area contributed by atoms with Crippen LogP contribution in [-0.2, 0) is 6.42 Å². The number of nitrogens with zero attached hydrogens (tertiary/aromatic N) is 1. The van der Waals surface area contributed by atoms with E-state index in [9.17, 15) is 0 Å². The molecule has 0 aliphatic carbocycles. The SMILES string of the molecule is Bc1ccc2c3c(ccnc13)CCO2. The Morgan fingerprint density at radius 3 is 3.14 bits per heavy atom. The first kappa shape index (κ1) is 7.86. The van der Waals surface area contributed by atoms with Crippen LogP contribution in [0.2, 0.25) is 0 Å². The summed E-state index contributed by atoms with van der Waals surface area (Å²) in [5, 5.41) is 1.21. The fourth-order valence-electron chi connectivity index (χ4n) is 2.04. The van der Waals surface area contributed by atoms with Crippen molar-refractivity contribution in [2.75, 3.05) is 6.61 Å². The van der Waals surface area contributed by atoms with Crippen molar-refractivity contribution in [1.82, 2.24) is 4.98 Å². The third-order valence-electron chi connectivity index (χ3n) is 2.77. The second kappa shape index (κ2) is 2.74. The van der Waals surface area contributed by atoms with E-state index in [0.29, 0.717) is 0 Å². The summed E-state index contributed by atoms with van der Waals surface area (Å²) in [5.41, 5.74) is 3.66. The molecule has 2 nitrogen and oxygen atoms in total. The van der Waals surface area contributed by atoms with Gasteiger partial charge in [-0.1, -0.05) is 11.5 Å². The van der Waals surface area contributed by atoms with E-state index < -0.39 is 0 Å². The fourth-order valence-corrected chi connectivity index (χ4v) is 2.04. The minimum Gasteiger partial charge on any atom is -0.493 e. The number of hydrogen-bond donors (Lipinski definition) is 0. The van der Waals surface area contributed by atoms with E-state index in [0.717, 1.165) is 24.3 Å². The Morgan fingerprint density at radius 1 is 1.29 bits per heavy atom. The molecule has 0 spiro atoms. The van der Waals surface area contributed by atoms with Crippen LogP contribution >= 0.6 is 0 Å². The second-order valence-corrected chi connectivity index (χ2v) is 3.67. The molecule has 0 saturated carbocycles. The van der Waals surface area contributed by atoms with Crippen molar-refractivity contribution < 1.29 is 4.74 Å². The number of hydrogen-bond acceptors (Lipinski definition) is 2. The smallest absolute Gasteiger partial charge is 0.142 e. The highest BCUT2D eigenvalue weighted by molar-refractivity contribution is 6.38. The Kier molecular flexibility index (Phi) is 1.54. The molecule has 3 rings (SSSR count). The van der Waals surface area contributed by atoms with Crippen molar-refractivity contribution in [3.05, 3.63) is 30.0 Å². The largest absolute Gasteiger partial charge is 0.493 e. The molecule has 0 radical (unpaired) electrons. The molecule has 0 N–H and O–H groups in total. The summed E-state index contributed by atoms with van der Waals surface area (Å²) in [4.78, 5) is 4.40. The molecular formula is C11H10BNO. The Hall–Kier alpha value is -1.51. The van der Waals surface area contributed by atoms with Gasteiger partial charge in [0.2, 0.25) is 0 Å². The van der Waals surface area contributed by atoms with E-state index in [4.69, 9.17) is 4.74 Å². The van der Waals surface area contributed by atoms with Crippen LogP contribution in [0.3, 0.4) is 0 Å². The predicted octanol–water partition coefficient (Wildman–Crippen LogP) is 0.428. The average Bonchev–Trinajstić information content (AvgIpc) is 2.24. The molecule has 1 aromatic carbocycles. The summed E-state index contributed by atoms with van der Waals surface area (Å²) in [6.07, 6.45) is 2.88. The normalized spacial score (nSPS) is 14.0. The number of rotatable bonds is 0. The van der Waals surface area contributed by atoms with E-state index >= 15 is 0 Å². The first-order chi connectivity index (χ1) is 6.86. The maximum atomic E-state index is 5.61. The van der Waals surface area contributed by atoms with Gasteiger partial charge in [0.05, 0.1) is 12.1 Å². The van der Waals surface area contributed by atoms with Gasteiger partial charge in [0.1, 0.15) is 13.6 Å². The first-order valence-corrected chi connectivity index (χ1v) is 4.86. The van der Waals surface area contributed by atoms with E-state index in [1.807, 2.05) is 12.3 Å². The molecule has 1 aliphatic heterocycles. The molecule has 0 amide bonds. The first-order valence-electron chi connectivity index (χ1n) is 4.86. The van der Waals surface area contributed by atoms with Crippen LogP contribution in [0.5, 0.6) is 5.75 Å². The van der Waals surface area contributed by atoms with E-state index in [-0.39, 0.29) is 0 Å². The second-order valence-electron chi connectivity index (χ2n) is 3.67. The van der Waals surface area contributed by atoms with Gasteiger partial charge in [0.15, 0.2) is 0 Å². The molecule has 0 fully saturated rings. The predicted molar refractivity (Wildman–Crippen MR) is 59.1 cm³/mol. The van der Waals surface area contributed by atoms with Crippen molar-refractivity contribution in [3.8, 4) is 5.75 Å². The number of ether oxygens (including phenoxy) is 1. The molecule has 68 valence electrons. The van der Waals surface area contributed by atoms with Crippen LogP contribution in [0.25, 0.3) is 10.9 Å². The zero-order valence-electron chi connectivity index (χ0n) is 8.08. The van der Waals surface area contributed by atoms with Gasteiger partial charge < -0.3 is 4.74 Å². The molecule has 2 heterocycles. The molecule has 2 aromatic rings. The summed E-state index contributed by atoms with van der Waals surface area (Å²) < 4.78 is 5.61. The van der Waals surface area contributed by atoms with Crippen LogP contribution in [0, 0.1) is 0 Å². The summed E-state index contributed by atoms with van der Waals surface area (Å²) in [5.74, 6) is 0.986. The van der Waals surface area contributed by atoms with E-state index in [1.165, 1.54) is 16.4 Å². The van der Waals surface area contributed by atoms with Crippen molar-refractivity contribution >= 4 is 24.2 Å². The molecule has 0 saturated heterocycles. The molecule has 0 bridgehead atoms. The standard InChI is InChI=1S/C11H10BNO/c12-8-1-2-9-10-7(4-6-14-9)3-5-13-11(8)10/h1-3,5H,4,6,12H2. The average molecular weight is 183 g/mol. The summed E-state index contributed by atoms with van der Waals surface area (Å²) in [6, 6.07) is 6.20. The Labute approximate surface area is 83.3 Å². The van der Waals surface area contributed by atoms with Crippen molar-refractivity contribution in [1.29, 1.82) is 0 Å². The molecule has 1 aromatic heterocycles. The molecule has 1 aliphatic rings. The van der Waals surface area contributed by atoms with Gasteiger partial charge >= 0.3 is 0 Å². The quantitative estimate of drug-likeness (QED) is 0.552. The highest BCUT2D eigenvalue weighted by Gasteiger charge is 2.14. The van der Waals surface area contributed by atoms with Crippen LogP contribution in [0.15, 0.2) is 24.4 Å². The summed E-state index contributed by atoms with van der Waals surface area (Å²) >= 11 is 0. The maximum Gasteiger partial charge on any atom is 0.142 e. The lowest BCUT2D eigenvalue weighted by Gasteiger charge is -2.18. The van der Waals surface area contributed by atoms with Crippen LogP contribution in [0.4, 0.5) is 0 Å². The third kappa shape index (κ3) is 0.954. The van der Waals surface area contributed by atoms with Gasteiger partial charge in [-0.05, 0) is 17.7 Å². The molecule has 0 unspecified atom stereocenters. The lowest BCUT2D eigenvalue weighted by atomic mass is 9.90. The van der Waals surface area contributed by atoms with Gasteiger partial charge in [0, 0.05) is 18.0 Å². The zero-order valence-corrected chi connectivity index (χ0v) is 8.08. The van der Waals surface area contributed by atoms with E-state index in [1.54, 1.807) is 0 Å². The molecule has 0 atom stereocenters. The number of pyridine rings is 1. The van der Waals surface area contributed by atoms with Crippen molar-refractivity contribution in [3.63, 3.8) is 0 Å². The van der Waals surface area contributed by atoms with Gasteiger partial charge in [-0.2, -0.15) is 0 Å². The maximum absolute atomic E-state index is 5.61. The summed E-state index contributed by atoms with van der Waals surface area (Å²) in [7, 11) is 2.09. The Bertz CT molecular complexity index is 500. The fraction of sp³-hybridized carbons (Fsp3) is 0.182. The lowest BCUT2D eigenvalue weighted by Crippen LogP contribution is -2.13. The van der Waals surface area contributed by atoms with Crippen LogP contribution in [0.1, 0.15) is 5.56 Å². The van der Waals surface area contributed by atoms with Gasteiger partial charge in [-0.3, -0.25) is 4.98 Å². The van der Waals surface area contributed by atoms with E-state index in [2.05, 4.69) is 25.0 Å². The van der Waals surface area contributed by atoms with Gasteiger partial charge in [-0.15, -0.1) is 0 Å². The van der Waals surface area contributed by atoms with Crippen LogP contribution in [-0.4, -0.2) is 19.4 Å². The zero-order chi connectivity index (χ0) is 9.54. The van der Waals surface area contributed by atoms with Crippen molar-refractivity contribution in [2.24, 2.45) is 0 Å². The lowest BCUT2D eigenvalue weighted by molar-refractivity contribution is 0.318. The highest BCUT2D eigenvalue weighted by Crippen LogP contribution is 2.29. The monoisotopic (exact) mass is 183 g/mol. The van der Waals surface area contributed by atoms with Crippen LogP contribution < -0.4 is 10.2 Å². The third-order valence-corrected chi connectivity index (χ3v) is 2.77.